The number of hydrogen-bond donors (Lipinski definition) is 4. The largest absolute Gasteiger partial charge is 0.493 e. The molecule has 0 bridgehead atoms. The van der Waals surface area contributed by atoms with Crippen molar-refractivity contribution in [3.8, 4) is 11.5 Å². The maximum absolute atomic E-state index is 13.2. The van der Waals surface area contributed by atoms with Gasteiger partial charge in [-0.15, -0.1) is 0 Å². The summed E-state index contributed by atoms with van der Waals surface area (Å²) in [6, 6.07) is 4.22. The first-order valence-corrected chi connectivity index (χ1v) is 13.2. The van der Waals surface area contributed by atoms with Gasteiger partial charge >= 0.3 is 0 Å². The van der Waals surface area contributed by atoms with Crippen LogP contribution in [-0.4, -0.2) is 83.8 Å². The smallest absolute Gasteiger partial charge is 0.249 e. The van der Waals surface area contributed by atoms with Crippen molar-refractivity contribution in [2.45, 2.75) is 44.7 Å². The summed E-state index contributed by atoms with van der Waals surface area (Å²) in [5.41, 5.74) is 1.62. The summed E-state index contributed by atoms with van der Waals surface area (Å²) in [7, 11) is 1.46. The molecule has 12 heteroatoms. The third-order valence-electron chi connectivity index (χ3n) is 6.02. The van der Waals surface area contributed by atoms with Crippen LogP contribution < -0.4 is 14.8 Å². The summed E-state index contributed by atoms with van der Waals surface area (Å²) in [5, 5.41) is 32.9. The second kappa shape index (κ2) is 14.5. The molecule has 0 spiro atoms. The fourth-order valence-corrected chi connectivity index (χ4v) is 4.93. The van der Waals surface area contributed by atoms with Crippen LogP contribution in [0.5, 0.6) is 11.5 Å². The van der Waals surface area contributed by atoms with Crippen molar-refractivity contribution >= 4 is 34.4 Å². The van der Waals surface area contributed by atoms with E-state index in [2.05, 4.69) is 5.32 Å². The van der Waals surface area contributed by atoms with E-state index in [0.29, 0.717) is 38.4 Å². The molecule has 0 aliphatic heterocycles. The second-order valence-electron chi connectivity index (χ2n) is 8.57. The number of amides is 2. The molecular weight excluding hydrogens is 611 g/mol. The van der Waals surface area contributed by atoms with Gasteiger partial charge in [-0.1, -0.05) is 0 Å². The van der Waals surface area contributed by atoms with E-state index < -0.39 is 24.2 Å². The SMILES string of the molecule is CCOCC(=O)N(Cc1ccoc1)[C@@H]1CC(C(=O)NCCO)=C[C@H](Oc2c(I)cc(CO)cc2OC)[C@H]1O. The van der Waals surface area contributed by atoms with Gasteiger partial charge in [0.25, 0.3) is 0 Å². The van der Waals surface area contributed by atoms with Crippen molar-refractivity contribution in [1.29, 1.82) is 0 Å². The predicted octanol–water partition coefficient (Wildman–Crippen LogP) is 1.37. The van der Waals surface area contributed by atoms with Gasteiger partial charge in [0.05, 0.1) is 42.5 Å². The fraction of sp³-hybridized carbons (Fsp3) is 0.462. The van der Waals surface area contributed by atoms with Crippen LogP contribution in [0.25, 0.3) is 0 Å². The number of carbonyl (C=O) groups is 2. The van der Waals surface area contributed by atoms with Crippen LogP contribution in [0.2, 0.25) is 0 Å². The van der Waals surface area contributed by atoms with Crippen LogP contribution in [-0.2, 0) is 27.5 Å². The fourth-order valence-electron chi connectivity index (χ4n) is 4.14. The number of furan rings is 1. The van der Waals surface area contributed by atoms with Crippen LogP contribution in [0, 0.1) is 3.57 Å². The molecule has 0 radical (unpaired) electrons. The summed E-state index contributed by atoms with van der Waals surface area (Å²) in [6.07, 6.45) is 2.31. The highest BCUT2D eigenvalue weighted by atomic mass is 127. The summed E-state index contributed by atoms with van der Waals surface area (Å²) in [4.78, 5) is 27.6. The Morgan fingerprint density at radius 2 is 2.05 bits per heavy atom. The molecule has 1 aromatic carbocycles. The number of nitrogens with one attached hydrogen (secondary N) is 1. The quantitative estimate of drug-likeness (QED) is 0.237. The van der Waals surface area contributed by atoms with Crippen LogP contribution in [0.15, 0.2) is 46.8 Å². The molecular formula is C26H33IN2O9. The first-order valence-electron chi connectivity index (χ1n) is 12.1. The lowest BCUT2D eigenvalue weighted by atomic mass is 9.88. The second-order valence-corrected chi connectivity index (χ2v) is 9.74. The molecule has 38 heavy (non-hydrogen) atoms. The zero-order valence-electron chi connectivity index (χ0n) is 21.3. The Bertz CT molecular complexity index is 1110. The van der Waals surface area contributed by atoms with Gasteiger partial charge < -0.3 is 44.2 Å². The number of methoxy groups -OCH3 is 1. The maximum Gasteiger partial charge on any atom is 0.249 e. The van der Waals surface area contributed by atoms with Crippen molar-refractivity contribution in [2.75, 3.05) is 33.5 Å². The standard InChI is InChI=1S/C26H33IN2O9/c1-3-36-15-23(32)29(12-16-4-7-37-14-16)20-10-18(26(34)28-5-6-30)11-21(24(20)33)38-25-19(27)8-17(13-31)9-22(25)35-2/h4,7-9,11,14,20-21,24,30-31,33H,3,5-6,10,12-13,15H2,1-2H3,(H,28,34)/t20-,21+,24+/m1/s1. The number of aliphatic hydroxyl groups is 3. The molecule has 1 aliphatic rings. The monoisotopic (exact) mass is 644 g/mol. The molecule has 2 amide bonds. The molecule has 3 atom stereocenters. The summed E-state index contributed by atoms with van der Waals surface area (Å²) in [5.74, 6) is -0.143. The van der Waals surface area contributed by atoms with E-state index >= 15 is 0 Å². The lowest BCUT2D eigenvalue weighted by Gasteiger charge is -2.40. The molecule has 1 aliphatic carbocycles. The van der Waals surface area contributed by atoms with Gasteiger partial charge in [0.1, 0.15) is 18.8 Å². The van der Waals surface area contributed by atoms with Gasteiger partial charge in [-0.2, -0.15) is 0 Å². The Balaban J connectivity index is 2.00. The van der Waals surface area contributed by atoms with Gasteiger partial charge in [-0.05, 0) is 59.4 Å². The summed E-state index contributed by atoms with van der Waals surface area (Å²) >= 11 is 2.04. The summed E-state index contributed by atoms with van der Waals surface area (Å²) in [6.45, 7) is 1.64. The van der Waals surface area contributed by atoms with Gasteiger partial charge in [0.15, 0.2) is 11.5 Å². The van der Waals surface area contributed by atoms with E-state index in [0.717, 1.165) is 0 Å². The molecule has 1 heterocycles. The summed E-state index contributed by atoms with van der Waals surface area (Å²) < 4.78 is 22.8. The minimum Gasteiger partial charge on any atom is -0.493 e. The molecule has 0 saturated carbocycles. The minimum absolute atomic E-state index is 0.0469. The molecule has 11 nitrogen and oxygen atoms in total. The first-order chi connectivity index (χ1) is 18.3. The van der Waals surface area contributed by atoms with Crippen molar-refractivity contribution in [1.82, 2.24) is 10.2 Å². The van der Waals surface area contributed by atoms with E-state index in [9.17, 15) is 19.8 Å². The molecule has 3 rings (SSSR count). The van der Waals surface area contributed by atoms with Crippen molar-refractivity contribution in [3.63, 3.8) is 0 Å². The Kier molecular flexibility index (Phi) is 11.4. The average molecular weight is 644 g/mol. The lowest BCUT2D eigenvalue weighted by Crippen LogP contribution is -2.55. The number of carbonyl (C=O) groups excluding carboxylic acids is 2. The van der Waals surface area contributed by atoms with Gasteiger partial charge in [-0.3, -0.25) is 9.59 Å². The topological polar surface area (TPSA) is 151 Å². The van der Waals surface area contributed by atoms with Crippen LogP contribution >= 0.6 is 22.6 Å². The zero-order chi connectivity index (χ0) is 27.7. The zero-order valence-corrected chi connectivity index (χ0v) is 23.4. The number of benzene rings is 1. The number of halogens is 1. The van der Waals surface area contributed by atoms with Gasteiger partial charge in [-0.25, -0.2) is 0 Å². The third kappa shape index (κ3) is 7.47. The Hall–Kier alpha value is -2.65. The first kappa shape index (κ1) is 29.9. The molecule has 208 valence electrons. The maximum atomic E-state index is 13.2. The van der Waals surface area contributed by atoms with E-state index in [-0.39, 0.29) is 45.2 Å². The van der Waals surface area contributed by atoms with Crippen LogP contribution in [0.1, 0.15) is 24.5 Å². The number of ether oxygens (including phenoxy) is 3. The van der Waals surface area contributed by atoms with Crippen molar-refractivity contribution in [2.24, 2.45) is 0 Å². The van der Waals surface area contributed by atoms with Crippen LogP contribution in [0.3, 0.4) is 0 Å². The predicted molar refractivity (Wildman–Crippen MR) is 144 cm³/mol. The Morgan fingerprint density at radius 3 is 2.68 bits per heavy atom. The third-order valence-corrected chi connectivity index (χ3v) is 6.82. The highest BCUT2D eigenvalue weighted by Gasteiger charge is 2.41. The molecule has 0 fully saturated rings. The van der Waals surface area contributed by atoms with E-state index in [4.69, 9.17) is 23.7 Å². The lowest BCUT2D eigenvalue weighted by molar-refractivity contribution is -0.144. The molecule has 4 N–H and O–H groups in total. The normalized spacial score (nSPS) is 19.0. The minimum atomic E-state index is -1.22. The number of hydrogen-bond acceptors (Lipinski definition) is 9. The van der Waals surface area contributed by atoms with E-state index in [1.54, 1.807) is 25.1 Å². The van der Waals surface area contributed by atoms with Gasteiger partial charge in [0.2, 0.25) is 11.8 Å². The average Bonchev–Trinajstić information content (AvgIpc) is 3.44. The highest BCUT2D eigenvalue weighted by Crippen LogP contribution is 2.37. The molecule has 2 aromatic rings. The van der Waals surface area contributed by atoms with Crippen molar-refractivity contribution in [3.05, 3.63) is 57.1 Å². The molecule has 1 aromatic heterocycles. The van der Waals surface area contributed by atoms with Crippen LogP contribution in [0.4, 0.5) is 0 Å². The number of rotatable bonds is 13. The van der Waals surface area contributed by atoms with Crippen molar-refractivity contribution < 1.29 is 43.5 Å². The molecule has 0 saturated heterocycles. The number of nitrogens with zero attached hydrogens (tertiary/aromatic N) is 1. The van der Waals surface area contributed by atoms with E-state index in [1.165, 1.54) is 30.6 Å². The van der Waals surface area contributed by atoms with E-state index in [1.807, 2.05) is 22.6 Å². The molecule has 0 unspecified atom stereocenters. The Morgan fingerprint density at radius 1 is 1.26 bits per heavy atom. The Labute approximate surface area is 234 Å². The number of aliphatic hydroxyl groups excluding tert-OH is 3. The van der Waals surface area contributed by atoms with Gasteiger partial charge in [0, 0.05) is 37.3 Å². The highest BCUT2D eigenvalue weighted by molar-refractivity contribution is 14.1.